The SMILES string of the molecule is CC1CCCN(c2cc(NC3CCCC3CCO)ncn2)C1. The normalized spacial score (nSPS) is 28.8. The third-order valence-electron chi connectivity index (χ3n) is 5.13. The molecule has 2 fully saturated rings. The van der Waals surface area contributed by atoms with Gasteiger partial charge in [-0.25, -0.2) is 9.97 Å². The Balaban J connectivity index is 1.66. The zero-order valence-electron chi connectivity index (χ0n) is 13.5. The highest BCUT2D eigenvalue weighted by Crippen LogP contribution is 2.31. The summed E-state index contributed by atoms with van der Waals surface area (Å²) in [6.45, 7) is 4.78. The summed E-state index contributed by atoms with van der Waals surface area (Å²) in [7, 11) is 0. The molecular weight excluding hydrogens is 276 g/mol. The summed E-state index contributed by atoms with van der Waals surface area (Å²) in [6, 6.07) is 2.53. The van der Waals surface area contributed by atoms with Gasteiger partial charge in [-0.05, 0) is 43.9 Å². The van der Waals surface area contributed by atoms with Crippen molar-refractivity contribution in [2.75, 3.05) is 29.9 Å². The minimum Gasteiger partial charge on any atom is -0.396 e. The van der Waals surface area contributed by atoms with Gasteiger partial charge in [0, 0.05) is 31.8 Å². The van der Waals surface area contributed by atoms with Gasteiger partial charge in [0.05, 0.1) is 0 Å². The Labute approximate surface area is 133 Å². The van der Waals surface area contributed by atoms with Crippen LogP contribution in [0.4, 0.5) is 11.6 Å². The first-order valence-electron chi connectivity index (χ1n) is 8.70. The van der Waals surface area contributed by atoms with Crippen LogP contribution < -0.4 is 10.2 Å². The molecule has 1 aliphatic carbocycles. The predicted octanol–water partition coefficient (Wildman–Crippen LogP) is 2.68. The van der Waals surface area contributed by atoms with Gasteiger partial charge in [0.25, 0.3) is 0 Å². The molecule has 2 aliphatic rings. The highest BCUT2D eigenvalue weighted by atomic mass is 16.3. The lowest BCUT2D eigenvalue weighted by atomic mass is 10.00. The zero-order chi connectivity index (χ0) is 15.4. The van der Waals surface area contributed by atoms with Crippen molar-refractivity contribution < 1.29 is 5.11 Å². The molecule has 2 N–H and O–H groups in total. The molecule has 3 unspecified atom stereocenters. The summed E-state index contributed by atoms with van der Waals surface area (Å²) in [5, 5.41) is 12.8. The van der Waals surface area contributed by atoms with Crippen molar-refractivity contribution in [3.8, 4) is 0 Å². The Hall–Kier alpha value is -1.36. The molecule has 5 nitrogen and oxygen atoms in total. The van der Waals surface area contributed by atoms with Gasteiger partial charge in [0.15, 0.2) is 0 Å². The van der Waals surface area contributed by atoms with Crippen molar-refractivity contribution in [1.29, 1.82) is 0 Å². The Bertz CT molecular complexity index is 481. The fourth-order valence-electron chi connectivity index (χ4n) is 3.92. The molecule has 1 aliphatic heterocycles. The van der Waals surface area contributed by atoms with Crippen LogP contribution in [0.1, 0.15) is 45.4 Å². The van der Waals surface area contributed by atoms with Crippen LogP contribution in [0.5, 0.6) is 0 Å². The molecule has 0 radical (unpaired) electrons. The summed E-state index contributed by atoms with van der Waals surface area (Å²) >= 11 is 0. The topological polar surface area (TPSA) is 61.3 Å². The molecular formula is C17H28N4O. The number of hydrogen-bond acceptors (Lipinski definition) is 5. The van der Waals surface area contributed by atoms with Crippen LogP contribution in [0.2, 0.25) is 0 Å². The second-order valence-corrected chi connectivity index (χ2v) is 6.91. The average molecular weight is 304 g/mol. The Kier molecular flexibility index (Phi) is 5.13. The van der Waals surface area contributed by atoms with Crippen LogP contribution in [0.15, 0.2) is 12.4 Å². The molecule has 1 saturated heterocycles. The number of aliphatic hydroxyl groups excluding tert-OH is 1. The number of hydrogen-bond donors (Lipinski definition) is 2. The van der Waals surface area contributed by atoms with Crippen molar-refractivity contribution in [3.63, 3.8) is 0 Å². The van der Waals surface area contributed by atoms with E-state index in [0.717, 1.165) is 37.1 Å². The number of nitrogens with zero attached hydrogens (tertiary/aromatic N) is 3. The fraction of sp³-hybridized carbons (Fsp3) is 0.765. The van der Waals surface area contributed by atoms with E-state index in [1.165, 1.54) is 32.1 Å². The second-order valence-electron chi connectivity index (χ2n) is 6.91. The Morgan fingerprint density at radius 3 is 3.00 bits per heavy atom. The van der Waals surface area contributed by atoms with Gasteiger partial charge in [-0.1, -0.05) is 13.3 Å². The molecule has 0 spiro atoms. The molecule has 1 aromatic rings. The van der Waals surface area contributed by atoms with E-state index in [9.17, 15) is 5.11 Å². The van der Waals surface area contributed by atoms with Crippen molar-refractivity contribution in [2.24, 2.45) is 11.8 Å². The molecule has 1 saturated carbocycles. The van der Waals surface area contributed by atoms with Crippen LogP contribution in [0.3, 0.4) is 0 Å². The molecule has 2 heterocycles. The summed E-state index contributed by atoms with van der Waals surface area (Å²) in [6.07, 6.45) is 8.74. The van der Waals surface area contributed by atoms with Crippen LogP contribution in [-0.4, -0.2) is 40.8 Å². The van der Waals surface area contributed by atoms with E-state index in [1.807, 2.05) is 0 Å². The van der Waals surface area contributed by atoms with E-state index in [-0.39, 0.29) is 6.61 Å². The molecule has 22 heavy (non-hydrogen) atoms. The van der Waals surface area contributed by atoms with E-state index < -0.39 is 0 Å². The van der Waals surface area contributed by atoms with E-state index in [4.69, 9.17) is 0 Å². The minimum absolute atomic E-state index is 0.281. The van der Waals surface area contributed by atoms with E-state index in [1.54, 1.807) is 6.33 Å². The molecule has 0 amide bonds. The van der Waals surface area contributed by atoms with E-state index in [2.05, 4.69) is 33.2 Å². The van der Waals surface area contributed by atoms with E-state index >= 15 is 0 Å². The van der Waals surface area contributed by atoms with Gasteiger partial charge in [0.2, 0.25) is 0 Å². The number of aromatic nitrogens is 2. The van der Waals surface area contributed by atoms with E-state index in [0.29, 0.717) is 12.0 Å². The van der Waals surface area contributed by atoms with Gasteiger partial charge in [-0.3, -0.25) is 0 Å². The molecule has 1 aromatic heterocycles. The Morgan fingerprint density at radius 1 is 1.27 bits per heavy atom. The third kappa shape index (κ3) is 3.69. The van der Waals surface area contributed by atoms with Crippen molar-refractivity contribution in [3.05, 3.63) is 12.4 Å². The number of nitrogens with one attached hydrogen (secondary N) is 1. The van der Waals surface area contributed by atoms with Gasteiger partial charge >= 0.3 is 0 Å². The van der Waals surface area contributed by atoms with Gasteiger partial charge in [-0.15, -0.1) is 0 Å². The average Bonchev–Trinajstić information content (AvgIpc) is 2.95. The first kappa shape index (κ1) is 15.5. The lowest BCUT2D eigenvalue weighted by Crippen LogP contribution is -2.35. The van der Waals surface area contributed by atoms with Crippen LogP contribution in [0, 0.1) is 11.8 Å². The smallest absolute Gasteiger partial charge is 0.134 e. The molecule has 0 bridgehead atoms. The first-order valence-corrected chi connectivity index (χ1v) is 8.70. The van der Waals surface area contributed by atoms with Gasteiger partial charge < -0.3 is 15.3 Å². The van der Waals surface area contributed by atoms with Crippen LogP contribution >= 0.6 is 0 Å². The molecule has 122 valence electrons. The molecule has 3 atom stereocenters. The predicted molar refractivity (Wildman–Crippen MR) is 89.1 cm³/mol. The summed E-state index contributed by atoms with van der Waals surface area (Å²) in [5.74, 6) is 3.28. The fourth-order valence-corrected chi connectivity index (χ4v) is 3.92. The van der Waals surface area contributed by atoms with Crippen LogP contribution in [-0.2, 0) is 0 Å². The van der Waals surface area contributed by atoms with Crippen molar-refractivity contribution in [2.45, 2.75) is 51.5 Å². The molecule has 5 heteroatoms. The maximum atomic E-state index is 9.19. The molecule has 3 rings (SSSR count). The summed E-state index contributed by atoms with van der Waals surface area (Å²) in [4.78, 5) is 11.2. The standard InChI is InChI=1S/C17H28N4O/c1-13-4-3-8-21(11-13)17-10-16(18-12-19-17)20-15-6-2-5-14(15)7-9-22/h10,12-15,22H,2-9,11H2,1H3,(H,18,19,20). The Morgan fingerprint density at radius 2 is 2.18 bits per heavy atom. The van der Waals surface area contributed by atoms with Crippen molar-refractivity contribution in [1.82, 2.24) is 9.97 Å². The maximum Gasteiger partial charge on any atom is 0.134 e. The first-order chi connectivity index (χ1) is 10.8. The highest BCUT2D eigenvalue weighted by molar-refractivity contribution is 5.49. The zero-order valence-corrected chi connectivity index (χ0v) is 13.5. The van der Waals surface area contributed by atoms with Crippen LogP contribution in [0.25, 0.3) is 0 Å². The molecule has 0 aromatic carbocycles. The van der Waals surface area contributed by atoms with Gasteiger partial charge in [0.1, 0.15) is 18.0 Å². The second kappa shape index (κ2) is 7.27. The van der Waals surface area contributed by atoms with Crippen molar-refractivity contribution >= 4 is 11.6 Å². The number of aliphatic hydroxyl groups is 1. The highest BCUT2D eigenvalue weighted by Gasteiger charge is 2.27. The monoisotopic (exact) mass is 304 g/mol. The number of piperidine rings is 1. The third-order valence-corrected chi connectivity index (χ3v) is 5.13. The minimum atomic E-state index is 0.281. The number of anilines is 2. The number of rotatable bonds is 5. The summed E-state index contributed by atoms with van der Waals surface area (Å²) < 4.78 is 0. The quantitative estimate of drug-likeness (QED) is 0.876. The maximum absolute atomic E-state index is 9.19. The van der Waals surface area contributed by atoms with Gasteiger partial charge in [-0.2, -0.15) is 0 Å². The lowest BCUT2D eigenvalue weighted by molar-refractivity contribution is 0.254. The lowest BCUT2D eigenvalue weighted by Gasteiger charge is -2.32. The summed E-state index contributed by atoms with van der Waals surface area (Å²) in [5.41, 5.74) is 0. The largest absolute Gasteiger partial charge is 0.396 e.